The van der Waals surface area contributed by atoms with Crippen molar-refractivity contribution in [2.24, 2.45) is 0 Å². The number of hydrogen-bond donors (Lipinski definition) is 2. The maximum Gasteiger partial charge on any atom is 0.229 e. The first kappa shape index (κ1) is 16.6. The van der Waals surface area contributed by atoms with Crippen LogP contribution in [0.5, 0.6) is 0 Å². The highest BCUT2D eigenvalue weighted by molar-refractivity contribution is 6.09. The van der Waals surface area contributed by atoms with E-state index in [0.29, 0.717) is 11.6 Å². The Morgan fingerprint density at radius 1 is 0.867 bits per heavy atom. The maximum absolute atomic E-state index is 6.21. The van der Waals surface area contributed by atoms with Crippen molar-refractivity contribution in [3.8, 4) is 11.3 Å². The molecule has 3 aromatic heterocycles. The minimum Gasteiger partial charge on any atom is -0.455 e. The van der Waals surface area contributed by atoms with Crippen LogP contribution in [0.25, 0.3) is 38.7 Å². The van der Waals surface area contributed by atoms with Gasteiger partial charge in [-0.1, -0.05) is 36.4 Å². The van der Waals surface area contributed by atoms with Crippen LogP contribution in [0.4, 0.5) is 17.3 Å². The molecule has 30 heavy (non-hydrogen) atoms. The average Bonchev–Trinajstić information content (AvgIpc) is 3.38. The second-order valence-electron chi connectivity index (χ2n) is 7.16. The zero-order valence-corrected chi connectivity index (χ0v) is 15.9. The zero-order chi connectivity index (χ0) is 20.1. The molecular weight excluding hydrogens is 374 g/mol. The number of rotatable bonds is 3. The molecule has 0 spiro atoms. The monoisotopic (exact) mass is 391 g/mol. The third-order valence-corrected chi connectivity index (χ3v) is 5.21. The highest BCUT2D eigenvalue weighted by atomic mass is 16.3. The number of nitrogens with zero attached hydrogens (tertiary/aromatic N) is 3. The Hall–Kier alpha value is -4.32. The molecule has 0 aliphatic heterocycles. The van der Waals surface area contributed by atoms with Gasteiger partial charge in [0.15, 0.2) is 0 Å². The number of nitrogens with one attached hydrogen (secondary N) is 1. The van der Waals surface area contributed by atoms with Crippen LogP contribution in [0.2, 0.25) is 0 Å². The van der Waals surface area contributed by atoms with E-state index in [-0.39, 0.29) is 0 Å². The van der Waals surface area contributed by atoms with Gasteiger partial charge in [0.05, 0.1) is 17.4 Å². The van der Waals surface area contributed by atoms with Crippen LogP contribution in [0.1, 0.15) is 0 Å². The van der Waals surface area contributed by atoms with Gasteiger partial charge in [-0.2, -0.15) is 5.10 Å². The van der Waals surface area contributed by atoms with E-state index < -0.39 is 0 Å². The van der Waals surface area contributed by atoms with Crippen LogP contribution >= 0.6 is 0 Å². The largest absolute Gasteiger partial charge is 0.455 e. The van der Waals surface area contributed by atoms with Gasteiger partial charge >= 0.3 is 0 Å². The number of aromatic nitrogens is 3. The molecule has 0 fully saturated rings. The van der Waals surface area contributed by atoms with E-state index in [1.54, 1.807) is 10.7 Å². The standard InChI is InChI=1S/C24H17N5O/c25-15-5-3-6-16(13-15)27-24-28-21(14-17-11-12-26-29(17)24)20-9-4-8-19-18-7-1-2-10-22(18)30-23(19)20/h1-14H,25H2,(H,27,28). The predicted octanol–water partition coefficient (Wildman–Crippen LogP) is 5.62. The summed E-state index contributed by atoms with van der Waals surface area (Å²) >= 11 is 0. The molecule has 144 valence electrons. The van der Waals surface area contributed by atoms with Crippen molar-refractivity contribution in [2.45, 2.75) is 0 Å². The molecule has 6 aromatic rings. The van der Waals surface area contributed by atoms with E-state index in [0.717, 1.165) is 44.4 Å². The fraction of sp³-hybridized carbons (Fsp3) is 0. The summed E-state index contributed by atoms with van der Waals surface area (Å²) in [6.07, 6.45) is 1.76. The molecule has 0 aliphatic carbocycles. The zero-order valence-electron chi connectivity index (χ0n) is 15.9. The highest BCUT2D eigenvalue weighted by Crippen LogP contribution is 2.35. The van der Waals surface area contributed by atoms with Gasteiger partial charge in [-0.05, 0) is 42.5 Å². The second kappa shape index (κ2) is 6.35. The fourth-order valence-electron chi connectivity index (χ4n) is 3.85. The molecule has 0 amide bonds. The van der Waals surface area contributed by atoms with Crippen molar-refractivity contribution in [3.63, 3.8) is 0 Å². The Morgan fingerprint density at radius 3 is 2.67 bits per heavy atom. The number of fused-ring (bicyclic) bond motifs is 4. The van der Waals surface area contributed by atoms with Gasteiger partial charge in [-0.15, -0.1) is 0 Å². The lowest BCUT2D eigenvalue weighted by Gasteiger charge is -2.11. The molecule has 0 saturated heterocycles. The van der Waals surface area contributed by atoms with Crippen LogP contribution in [0.15, 0.2) is 89.5 Å². The molecule has 3 aromatic carbocycles. The van der Waals surface area contributed by atoms with Crippen molar-refractivity contribution >= 4 is 44.8 Å². The van der Waals surface area contributed by atoms with E-state index in [4.69, 9.17) is 15.1 Å². The SMILES string of the molecule is Nc1cccc(Nc2nc(-c3cccc4c3oc3ccccc34)cc3ccnn23)c1. The lowest BCUT2D eigenvalue weighted by Crippen LogP contribution is -2.04. The van der Waals surface area contributed by atoms with Crippen molar-refractivity contribution in [3.05, 3.63) is 85.1 Å². The Labute approximate surface area is 171 Å². The normalized spacial score (nSPS) is 11.5. The minimum absolute atomic E-state index is 0.603. The van der Waals surface area contributed by atoms with Gasteiger partial charge in [0.1, 0.15) is 11.2 Å². The summed E-state index contributed by atoms with van der Waals surface area (Å²) in [5.74, 6) is 0.603. The number of furan rings is 1. The fourth-order valence-corrected chi connectivity index (χ4v) is 3.85. The minimum atomic E-state index is 0.603. The molecule has 6 heteroatoms. The van der Waals surface area contributed by atoms with E-state index >= 15 is 0 Å². The first-order valence-corrected chi connectivity index (χ1v) is 9.64. The Kier molecular flexibility index (Phi) is 3.52. The van der Waals surface area contributed by atoms with Crippen LogP contribution < -0.4 is 11.1 Å². The number of para-hydroxylation sites is 2. The van der Waals surface area contributed by atoms with Crippen molar-refractivity contribution in [2.75, 3.05) is 11.1 Å². The molecule has 6 nitrogen and oxygen atoms in total. The summed E-state index contributed by atoms with van der Waals surface area (Å²) in [4.78, 5) is 4.88. The van der Waals surface area contributed by atoms with Gasteiger partial charge in [0.2, 0.25) is 5.95 Å². The van der Waals surface area contributed by atoms with Gasteiger partial charge in [0, 0.05) is 27.7 Å². The summed E-state index contributed by atoms with van der Waals surface area (Å²) in [6, 6.07) is 25.7. The van der Waals surface area contributed by atoms with E-state index in [2.05, 4.69) is 22.5 Å². The Bertz CT molecular complexity index is 1550. The topological polar surface area (TPSA) is 81.4 Å². The third-order valence-electron chi connectivity index (χ3n) is 5.21. The number of benzene rings is 3. The first-order valence-electron chi connectivity index (χ1n) is 9.64. The van der Waals surface area contributed by atoms with Crippen molar-refractivity contribution < 1.29 is 4.42 Å². The number of anilines is 3. The number of hydrogen-bond acceptors (Lipinski definition) is 5. The van der Waals surface area contributed by atoms with E-state index in [1.165, 1.54) is 0 Å². The summed E-state index contributed by atoms with van der Waals surface area (Å²) in [5.41, 5.74) is 11.8. The van der Waals surface area contributed by atoms with Gasteiger partial charge in [-0.25, -0.2) is 9.50 Å². The number of nitrogen functional groups attached to an aromatic ring is 1. The van der Waals surface area contributed by atoms with Gasteiger partial charge in [0.25, 0.3) is 0 Å². The summed E-state index contributed by atoms with van der Waals surface area (Å²) < 4.78 is 7.98. The lowest BCUT2D eigenvalue weighted by atomic mass is 10.1. The lowest BCUT2D eigenvalue weighted by molar-refractivity contribution is 0.670. The number of nitrogens with two attached hydrogens (primary N) is 1. The van der Waals surface area contributed by atoms with Crippen LogP contribution in [0, 0.1) is 0 Å². The molecular formula is C24H17N5O. The summed E-state index contributed by atoms with van der Waals surface area (Å²) in [5, 5.41) is 9.91. The van der Waals surface area contributed by atoms with Crippen LogP contribution in [-0.4, -0.2) is 14.6 Å². The molecule has 3 heterocycles. The molecule has 0 radical (unpaired) electrons. The molecule has 0 atom stereocenters. The second-order valence-corrected chi connectivity index (χ2v) is 7.16. The molecule has 6 rings (SSSR count). The Morgan fingerprint density at radius 2 is 1.73 bits per heavy atom. The van der Waals surface area contributed by atoms with Crippen LogP contribution in [0.3, 0.4) is 0 Å². The highest BCUT2D eigenvalue weighted by Gasteiger charge is 2.15. The molecule has 0 bridgehead atoms. The van der Waals surface area contributed by atoms with Crippen LogP contribution in [-0.2, 0) is 0 Å². The molecule has 3 N–H and O–H groups in total. The van der Waals surface area contributed by atoms with E-state index in [1.807, 2.05) is 66.7 Å². The smallest absolute Gasteiger partial charge is 0.229 e. The summed E-state index contributed by atoms with van der Waals surface area (Å²) in [7, 11) is 0. The van der Waals surface area contributed by atoms with E-state index in [9.17, 15) is 0 Å². The Balaban J connectivity index is 1.57. The van der Waals surface area contributed by atoms with Crippen molar-refractivity contribution in [1.82, 2.24) is 14.6 Å². The van der Waals surface area contributed by atoms with Crippen molar-refractivity contribution in [1.29, 1.82) is 0 Å². The predicted molar refractivity (Wildman–Crippen MR) is 120 cm³/mol. The van der Waals surface area contributed by atoms with Gasteiger partial charge < -0.3 is 15.5 Å². The third kappa shape index (κ3) is 2.58. The van der Waals surface area contributed by atoms with Gasteiger partial charge in [-0.3, -0.25) is 0 Å². The summed E-state index contributed by atoms with van der Waals surface area (Å²) in [6.45, 7) is 0. The first-order chi connectivity index (χ1) is 14.8. The molecule has 0 saturated carbocycles. The quantitative estimate of drug-likeness (QED) is 0.383. The molecule has 0 aliphatic rings. The molecule has 0 unspecified atom stereocenters. The average molecular weight is 391 g/mol. The maximum atomic E-state index is 6.21.